The summed E-state index contributed by atoms with van der Waals surface area (Å²) in [4.78, 5) is 10.7. The Balaban J connectivity index is 1.85. The summed E-state index contributed by atoms with van der Waals surface area (Å²) < 4.78 is 5.68. The van der Waals surface area contributed by atoms with Gasteiger partial charge in [0.15, 0.2) is 0 Å². The quantitative estimate of drug-likeness (QED) is 0.270. The van der Waals surface area contributed by atoms with Crippen LogP contribution in [0, 0.1) is 0 Å². The Labute approximate surface area is 142 Å². The molecule has 0 aliphatic rings. The number of aldehydes is 1. The fraction of sp³-hybridized carbons (Fsp3) is 0.667. The fourth-order valence-electron chi connectivity index (χ4n) is 2.81. The highest BCUT2D eigenvalue weighted by atomic mass is 16.5. The smallest absolute Gasteiger partial charge is 0.150 e. The Hall–Kier alpha value is -1.31. The summed E-state index contributed by atoms with van der Waals surface area (Å²) in [5.41, 5.74) is 0.678. The number of rotatable bonds is 15. The molecule has 0 aliphatic carbocycles. The largest absolute Gasteiger partial charge is 0.494 e. The molecule has 130 valence electrons. The van der Waals surface area contributed by atoms with E-state index >= 15 is 0 Å². The van der Waals surface area contributed by atoms with Gasteiger partial charge in [-0.25, -0.2) is 0 Å². The molecule has 0 saturated heterocycles. The molecule has 0 bridgehead atoms. The number of unbranched alkanes of at least 4 members (excludes halogenated alkanes) is 11. The van der Waals surface area contributed by atoms with Crippen LogP contribution in [0.15, 0.2) is 24.3 Å². The normalized spacial score (nSPS) is 10.7. The lowest BCUT2D eigenvalue weighted by molar-refractivity contribution is 0.112. The van der Waals surface area contributed by atoms with Crippen LogP contribution in [-0.2, 0) is 0 Å². The lowest BCUT2D eigenvalue weighted by Crippen LogP contribution is -1.97. The van der Waals surface area contributed by atoms with Crippen LogP contribution in [0.4, 0.5) is 0 Å². The number of benzene rings is 1. The first-order valence-electron chi connectivity index (χ1n) is 9.55. The molecule has 0 N–H and O–H groups in total. The highest BCUT2D eigenvalue weighted by Crippen LogP contribution is 2.14. The molecule has 1 aromatic carbocycles. The molecule has 0 heterocycles. The van der Waals surface area contributed by atoms with Crippen molar-refractivity contribution in [2.24, 2.45) is 0 Å². The van der Waals surface area contributed by atoms with Gasteiger partial charge in [0.05, 0.1) is 6.61 Å². The summed E-state index contributed by atoms with van der Waals surface area (Å²) >= 11 is 0. The van der Waals surface area contributed by atoms with Gasteiger partial charge in [-0.1, -0.05) is 89.7 Å². The molecule has 0 amide bonds. The van der Waals surface area contributed by atoms with E-state index in [2.05, 4.69) is 6.92 Å². The van der Waals surface area contributed by atoms with Crippen LogP contribution < -0.4 is 4.74 Å². The van der Waals surface area contributed by atoms with E-state index in [0.717, 1.165) is 25.1 Å². The van der Waals surface area contributed by atoms with Gasteiger partial charge in [-0.15, -0.1) is 0 Å². The molecule has 0 fully saturated rings. The molecule has 0 aromatic heterocycles. The molecule has 0 unspecified atom stereocenters. The van der Waals surface area contributed by atoms with Crippen LogP contribution in [-0.4, -0.2) is 12.9 Å². The van der Waals surface area contributed by atoms with Gasteiger partial charge >= 0.3 is 0 Å². The van der Waals surface area contributed by atoms with Crippen LogP contribution in [0.2, 0.25) is 0 Å². The maximum atomic E-state index is 10.7. The molecular weight excluding hydrogens is 284 g/mol. The van der Waals surface area contributed by atoms with Crippen LogP contribution >= 0.6 is 0 Å². The van der Waals surface area contributed by atoms with Crippen molar-refractivity contribution in [2.75, 3.05) is 6.61 Å². The molecule has 0 radical (unpaired) electrons. The third-order valence-electron chi connectivity index (χ3n) is 4.26. The molecule has 23 heavy (non-hydrogen) atoms. The second-order valence-electron chi connectivity index (χ2n) is 6.43. The minimum Gasteiger partial charge on any atom is -0.494 e. The lowest BCUT2D eigenvalue weighted by atomic mass is 10.1. The summed E-state index contributed by atoms with van der Waals surface area (Å²) in [6.45, 7) is 3.02. The van der Waals surface area contributed by atoms with Crippen molar-refractivity contribution in [1.29, 1.82) is 0 Å². The highest BCUT2D eigenvalue weighted by molar-refractivity contribution is 5.75. The fourth-order valence-corrected chi connectivity index (χ4v) is 2.81. The molecule has 0 aliphatic heterocycles. The number of carbonyl (C=O) groups excluding carboxylic acids is 1. The van der Waals surface area contributed by atoms with E-state index in [1.165, 1.54) is 70.6 Å². The minimum atomic E-state index is 0.678. The Morgan fingerprint density at radius 1 is 0.826 bits per heavy atom. The standard InChI is InChI=1S/C21H34O2/c1-2-3-4-5-6-7-8-9-10-11-12-13-17-23-21-16-14-15-20(18-21)19-22/h14-16,18-19H,2-13,17H2,1H3. The molecule has 0 atom stereocenters. The van der Waals surface area contributed by atoms with Crippen molar-refractivity contribution >= 4 is 6.29 Å². The summed E-state index contributed by atoms with van der Waals surface area (Å²) in [5, 5.41) is 0. The second-order valence-corrected chi connectivity index (χ2v) is 6.43. The molecule has 0 spiro atoms. The van der Waals surface area contributed by atoms with Crippen molar-refractivity contribution in [1.82, 2.24) is 0 Å². The average Bonchev–Trinajstić information content (AvgIpc) is 2.59. The van der Waals surface area contributed by atoms with Crippen molar-refractivity contribution < 1.29 is 9.53 Å². The number of hydrogen-bond donors (Lipinski definition) is 0. The van der Waals surface area contributed by atoms with Crippen LogP contribution in [0.1, 0.15) is 94.3 Å². The molecule has 0 saturated carbocycles. The molecular formula is C21H34O2. The van der Waals surface area contributed by atoms with Gasteiger partial charge in [0.25, 0.3) is 0 Å². The Kier molecular flexibility index (Phi) is 12.3. The predicted molar refractivity (Wildman–Crippen MR) is 98.4 cm³/mol. The zero-order valence-electron chi connectivity index (χ0n) is 14.9. The zero-order valence-corrected chi connectivity index (χ0v) is 14.9. The topological polar surface area (TPSA) is 26.3 Å². The number of carbonyl (C=O) groups is 1. The van der Waals surface area contributed by atoms with Crippen molar-refractivity contribution in [3.63, 3.8) is 0 Å². The van der Waals surface area contributed by atoms with E-state index in [1.807, 2.05) is 12.1 Å². The summed E-state index contributed by atoms with van der Waals surface area (Å²) in [6, 6.07) is 7.37. The van der Waals surface area contributed by atoms with Gasteiger partial charge in [-0.2, -0.15) is 0 Å². The predicted octanol–water partition coefficient (Wildman–Crippen LogP) is 6.58. The summed E-state index contributed by atoms with van der Waals surface area (Å²) in [6.07, 6.45) is 17.1. The monoisotopic (exact) mass is 318 g/mol. The SMILES string of the molecule is CCCCCCCCCCCCCCOc1cccc(C=O)c1. The summed E-state index contributed by atoms with van der Waals surface area (Å²) in [5.74, 6) is 0.803. The Morgan fingerprint density at radius 3 is 1.96 bits per heavy atom. The van der Waals surface area contributed by atoms with E-state index < -0.39 is 0 Å². The number of hydrogen-bond acceptors (Lipinski definition) is 2. The lowest BCUT2D eigenvalue weighted by Gasteiger charge is -2.06. The first-order valence-corrected chi connectivity index (χ1v) is 9.55. The Bertz CT molecular complexity index is 401. The first kappa shape index (κ1) is 19.7. The van der Waals surface area contributed by atoms with Gasteiger partial charge in [0, 0.05) is 5.56 Å². The van der Waals surface area contributed by atoms with Gasteiger partial charge < -0.3 is 4.74 Å². The van der Waals surface area contributed by atoms with E-state index in [-0.39, 0.29) is 0 Å². The van der Waals surface area contributed by atoms with Crippen LogP contribution in [0.5, 0.6) is 5.75 Å². The maximum Gasteiger partial charge on any atom is 0.150 e. The number of ether oxygens (including phenoxy) is 1. The molecule has 1 aromatic rings. The zero-order chi connectivity index (χ0) is 16.6. The van der Waals surface area contributed by atoms with Crippen LogP contribution in [0.3, 0.4) is 0 Å². The minimum absolute atomic E-state index is 0.678. The third kappa shape index (κ3) is 11.0. The van der Waals surface area contributed by atoms with Gasteiger partial charge in [-0.3, -0.25) is 4.79 Å². The molecule has 2 heteroatoms. The van der Waals surface area contributed by atoms with Crippen molar-refractivity contribution in [2.45, 2.75) is 84.0 Å². The molecule has 2 nitrogen and oxygen atoms in total. The van der Waals surface area contributed by atoms with E-state index in [0.29, 0.717) is 5.56 Å². The van der Waals surface area contributed by atoms with Gasteiger partial charge in [-0.05, 0) is 18.6 Å². The van der Waals surface area contributed by atoms with E-state index in [9.17, 15) is 4.79 Å². The molecule has 1 rings (SSSR count). The van der Waals surface area contributed by atoms with E-state index in [1.54, 1.807) is 12.1 Å². The van der Waals surface area contributed by atoms with Crippen molar-refractivity contribution in [3.05, 3.63) is 29.8 Å². The third-order valence-corrected chi connectivity index (χ3v) is 4.26. The second kappa shape index (κ2) is 14.3. The van der Waals surface area contributed by atoms with Crippen LogP contribution in [0.25, 0.3) is 0 Å². The first-order chi connectivity index (χ1) is 11.4. The highest BCUT2D eigenvalue weighted by Gasteiger charge is 1.97. The maximum absolute atomic E-state index is 10.7. The average molecular weight is 319 g/mol. The van der Waals surface area contributed by atoms with Gasteiger partial charge in [0.1, 0.15) is 12.0 Å². The van der Waals surface area contributed by atoms with E-state index in [4.69, 9.17) is 4.74 Å². The van der Waals surface area contributed by atoms with Gasteiger partial charge in [0.2, 0.25) is 0 Å². The Morgan fingerprint density at radius 2 is 1.39 bits per heavy atom. The van der Waals surface area contributed by atoms with Crippen molar-refractivity contribution in [3.8, 4) is 5.75 Å². The summed E-state index contributed by atoms with van der Waals surface area (Å²) in [7, 11) is 0.